The molecule has 0 saturated heterocycles. The lowest BCUT2D eigenvalue weighted by atomic mass is 10.1. The highest BCUT2D eigenvalue weighted by Gasteiger charge is 2.14. The molecule has 0 aliphatic heterocycles. The monoisotopic (exact) mass is 415 g/mol. The van der Waals surface area contributed by atoms with Crippen LogP contribution in [0.1, 0.15) is 44.2 Å². The quantitative estimate of drug-likeness (QED) is 0.414. The third kappa shape index (κ3) is 8.74. The van der Waals surface area contributed by atoms with Gasteiger partial charge >= 0.3 is 6.03 Å². The highest BCUT2D eigenvalue weighted by molar-refractivity contribution is 9.10. The smallest absolute Gasteiger partial charge is 0.312 e. The summed E-state index contributed by atoms with van der Waals surface area (Å²) in [6, 6.07) is 4.90. The van der Waals surface area contributed by atoms with Gasteiger partial charge in [0.2, 0.25) is 5.91 Å². The Labute approximate surface area is 156 Å². The van der Waals surface area contributed by atoms with E-state index in [2.05, 4.69) is 26.6 Å². The summed E-state index contributed by atoms with van der Waals surface area (Å²) in [6.07, 6.45) is 2.28. The predicted molar refractivity (Wildman–Crippen MR) is 99.3 cm³/mol. The molecule has 1 aromatic carbocycles. The summed E-state index contributed by atoms with van der Waals surface area (Å²) < 4.78 is 6.59. The molecule has 3 amide bonds. The third-order valence-corrected chi connectivity index (χ3v) is 4.00. The van der Waals surface area contributed by atoms with Crippen LogP contribution in [-0.4, -0.2) is 36.8 Å². The van der Waals surface area contributed by atoms with E-state index in [4.69, 9.17) is 15.6 Å². The van der Waals surface area contributed by atoms with Gasteiger partial charge in [-0.25, -0.2) is 4.79 Å². The average Bonchev–Trinajstić information content (AvgIpc) is 2.54. The highest BCUT2D eigenvalue weighted by Crippen LogP contribution is 2.29. The number of aliphatic hydroxyl groups is 1. The molecule has 7 nitrogen and oxygen atoms in total. The first-order chi connectivity index (χ1) is 11.9. The Balaban J connectivity index is 2.51. The summed E-state index contributed by atoms with van der Waals surface area (Å²) in [5.41, 5.74) is 5.85. The van der Waals surface area contributed by atoms with Gasteiger partial charge in [-0.15, -0.1) is 0 Å². The summed E-state index contributed by atoms with van der Waals surface area (Å²) in [7, 11) is 0. The van der Waals surface area contributed by atoms with Crippen molar-refractivity contribution in [1.82, 2.24) is 10.6 Å². The van der Waals surface area contributed by atoms with Gasteiger partial charge in [0.25, 0.3) is 0 Å². The Morgan fingerprint density at radius 3 is 2.76 bits per heavy atom. The van der Waals surface area contributed by atoms with Crippen LogP contribution in [-0.2, 0) is 4.79 Å². The van der Waals surface area contributed by atoms with Gasteiger partial charge in [-0.2, -0.15) is 0 Å². The highest BCUT2D eigenvalue weighted by atomic mass is 79.9. The zero-order chi connectivity index (χ0) is 18.7. The van der Waals surface area contributed by atoms with Crippen LogP contribution in [0.2, 0.25) is 0 Å². The number of amides is 3. The van der Waals surface area contributed by atoms with Gasteiger partial charge in [0.15, 0.2) is 0 Å². The Morgan fingerprint density at radius 2 is 2.08 bits per heavy atom. The van der Waals surface area contributed by atoms with Gasteiger partial charge in [0.05, 0.1) is 12.6 Å². The number of carbonyl (C=O) groups is 2. The zero-order valence-electron chi connectivity index (χ0n) is 14.4. The topological polar surface area (TPSA) is 114 Å². The van der Waals surface area contributed by atoms with Crippen molar-refractivity contribution >= 4 is 27.9 Å². The fourth-order valence-electron chi connectivity index (χ4n) is 2.25. The lowest BCUT2D eigenvalue weighted by molar-refractivity contribution is -0.121. The van der Waals surface area contributed by atoms with Crippen molar-refractivity contribution < 1.29 is 19.4 Å². The minimum atomic E-state index is -0.554. The molecule has 25 heavy (non-hydrogen) atoms. The van der Waals surface area contributed by atoms with E-state index < -0.39 is 6.03 Å². The second kappa shape index (κ2) is 11.7. The number of urea groups is 1. The van der Waals surface area contributed by atoms with E-state index in [-0.39, 0.29) is 18.6 Å². The molecule has 0 unspecified atom stereocenters. The van der Waals surface area contributed by atoms with Gasteiger partial charge in [0.1, 0.15) is 5.75 Å². The molecule has 0 aliphatic carbocycles. The largest absolute Gasteiger partial charge is 0.493 e. The van der Waals surface area contributed by atoms with Crippen molar-refractivity contribution in [3.63, 3.8) is 0 Å². The fourth-order valence-corrected chi connectivity index (χ4v) is 2.59. The minimum Gasteiger partial charge on any atom is -0.493 e. The lowest BCUT2D eigenvalue weighted by Crippen LogP contribution is -2.30. The molecule has 1 atom stereocenters. The average molecular weight is 416 g/mol. The van der Waals surface area contributed by atoms with E-state index in [1.807, 2.05) is 25.1 Å². The number of hydrogen-bond donors (Lipinski definition) is 4. The number of ether oxygens (including phenoxy) is 1. The molecule has 0 fully saturated rings. The molecule has 0 saturated carbocycles. The van der Waals surface area contributed by atoms with E-state index in [0.29, 0.717) is 44.6 Å². The SMILES string of the molecule is C[C@H](NC(=O)CCCCNC(N)=O)c1ccc(Br)cc1OCCCO. The molecule has 0 spiro atoms. The lowest BCUT2D eigenvalue weighted by Gasteiger charge is -2.19. The van der Waals surface area contributed by atoms with Crippen LogP contribution in [0.4, 0.5) is 4.79 Å². The van der Waals surface area contributed by atoms with Gasteiger partial charge in [-0.1, -0.05) is 22.0 Å². The van der Waals surface area contributed by atoms with Gasteiger partial charge in [-0.05, 0) is 31.9 Å². The first-order valence-electron chi connectivity index (χ1n) is 8.29. The maximum atomic E-state index is 12.1. The maximum absolute atomic E-state index is 12.1. The van der Waals surface area contributed by atoms with E-state index in [1.165, 1.54) is 0 Å². The van der Waals surface area contributed by atoms with Crippen LogP contribution in [0.3, 0.4) is 0 Å². The van der Waals surface area contributed by atoms with E-state index in [0.717, 1.165) is 10.0 Å². The number of nitrogens with one attached hydrogen (secondary N) is 2. The fraction of sp³-hybridized carbons (Fsp3) is 0.529. The number of rotatable bonds is 11. The van der Waals surface area contributed by atoms with Crippen LogP contribution < -0.4 is 21.1 Å². The number of benzene rings is 1. The molecule has 8 heteroatoms. The number of carbonyl (C=O) groups excluding carboxylic acids is 2. The van der Waals surface area contributed by atoms with Crippen molar-refractivity contribution in [2.45, 2.75) is 38.6 Å². The summed E-state index contributed by atoms with van der Waals surface area (Å²) in [5, 5.41) is 14.3. The summed E-state index contributed by atoms with van der Waals surface area (Å²) in [5.74, 6) is 0.622. The number of hydrogen-bond acceptors (Lipinski definition) is 4. The molecule has 0 heterocycles. The number of unbranched alkanes of at least 4 members (excludes halogenated alkanes) is 1. The second-order valence-electron chi connectivity index (χ2n) is 5.65. The van der Waals surface area contributed by atoms with Crippen LogP contribution in [0.15, 0.2) is 22.7 Å². The van der Waals surface area contributed by atoms with Crippen LogP contribution in [0, 0.1) is 0 Å². The summed E-state index contributed by atoms with van der Waals surface area (Å²) in [4.78, 5) is 22.6. The predicted octanol–water partition coefficient (Wildman–Crippen LogP) is 2.23. The van der Waals surface area contributed by atoms with Crippen LogP contribution >= 0.6 is 15.9 Å². The van der Waals surface area contributed by atoms with Gasteiger partial charge in [-0.3, -0.25) is 4.79 Å². The third-order valence-electron chi connectivity index (χ3n) is 3.51. The molecule has 0 aromatic heterocycles. The van der Waals surface area contributed by atoms with Crippen molar-refractivity contribution in [3.8, 4) is 5.75 Å². The summed E-state index contributed by atoms with van der Waals surface area (Å²) in [6.45, 7) is 2.84. The Morgan fingerprint density at radius 1 is 1.32 bits per heavy atom. The number of nitrogens with two attached hydrogens (primary N) is 1. The first-order valence-corrected chi connectivity index (χ1v) is 9.09. The first kappa shape index (κ1) is 21.2. The van der Waals surface area contributed by atoms with Crippen LogP contribution in [0.5, 0.6) is 5.75 Å². The van der Waals surface area contributed by atoms with Crippen LogP contribution in [0.25, 0.3) is 0 Å². The van der Waals surface area contributed by atoms with Crippen molar-refractivity contribution in [2.24, 2.45) is 5.73 Å². The molecular weight excluding hydrogens is 390 g/mol. The number of aliphatic hydroxyl groups excluding tert-OH is 1. The van der Waals surface area contributed by atoms with Crippen molar-refractivity contribution in [3.05, 3.63) is 28.2 Å². The Kier molecular flexibility index (Phi) is 9.94. The van der Waals surface area contributed by atoms with E-state index in [1.54, 1.807) is 0 Å². The molecule has 1 aromatic rings. The molecular formula is C17H26BrN3O4. The van der Waals surface area contributed by atoms with Crippen molar-refractivity contribution in [2.75, 3.05) is 19.8 Å². The Bertz CT molecular complexity index is 569. The molecule has 0 radical (unpaired) electrons. The van der Waals surface area contributed by atoms with E-state index >= 15 is 0 Å². The summed E-state index contributed by atoms with van der Waals surface area (Å²) >= 11 is 3.41. The normalized spacial score (nSPS) is 11.6. The zero-order valence-corrected chi connectivity index (χ0v) is 16.0. The molecule has 1 rings (SSSR count). The number of primary amides is 1. The van der Waals surface area contributed by atoms with E-state index in [9.17, 15) is 9.59 Å². The molecule has 0 aliphatic rings. The van der Waals surface area contributed by atoms with Gasteiger partial charge in [0, 0.05) is 36.0 Å². The second-order valence-corrected chi connectivity index (χ2v) is 6.56. The minimum absolute atomic E-state index is 0.0594. The Hall–Kier alpha value is -1.80. The van der Waals surface area contributed by atoms with Gasteiger partial charge < -0.3 is 26.2 Å². The maximum Gasteiger partial charge on any atom is 0.312 e. The molecule has 5 N–H and O–H groups in total. The standard InChI is InChI=1S/C17H26BrN3O4/c1-12(21-16(23)5-2-3-8-20-17(19)24)14-7-6-13(18)11-15(14)25-10-4-9-22/h6-7,11-12,22H,2-5,8-10H2,1H3,(H,21,23)(H3,19,20,24)/t12-/m0/s1. The molecule has 140 valence electrons. The number of halogens is 1. The molecule has 0 bridgehead atoms. The van der Waals surface area contributed by atoms with Crippen molar-refractivity contribution in [1.29, 1.82) is 0 Å².